The van der Waals surface area contributed by atoms with Gasteiger partial charge in [0, 0.05) is 26.4 Å². The van der Waals surface area contributed by atoms with Gasteiger partial charge >= 0.3 is 5.97 Å². The number of nitrogens with zero attached hydrogens (tertiary/aromatic N) is 2. The van der Waals surface area contributed by atoms with E-state index in [0.29, 0.717) is 17.6 Å². The zero-order valence-corrected chi connectivity index (χ0v) is 14.8. The first-order valence-electron chi connectivity index (χ1n) is 6.61. The number of hydrogen-bond donors (Lipinski definition) is 2. The number of carboxylic acid groups (broad SMARTS) is 1. The number of fused-ring (bicyclic) bond motifs is 1. The third-order valence-electron chi connectivity index (χ3n) is 3.02. The molecule has 2 heterocycles. The summed E-state index contributed by atoms with van der Waals surface area (Å²) in [4.78, 5) is 15.3. The number of aromatic nitrogens is 3. The average Bonchev–Trinajstić information content (AvgIpc) is 2.79. The lowest BCUT2D eigenvalue weighted by Gasteiger charge is -2.17. The molecule has 0 fully saturated rings. The van der Waals surface area contributed by atoms with Crippen LogP contribution in [0, 0.1) is 0 Å². The Morgan fingerprint density at radius 1 is 1.52 bits per heavy atom. The Morgan fingerprint density at radius 3 is 2.86 bits per heavy atom. The summed E-state index contributed by atoms with van der Waals surface area (Å²) in [5.74, 6) is -1.05. The van der Waals surface area contributed by atoms with Crippen molar-refractivity contribution in [3.05, 3.63) is 23.5 Å². The quantitative estimate of drug-likeness (QED) is 0.599. The van der Waals surface area contributed by atoms with E-state index in [4.69, 9.17) is 9.84 Å². The molecule has 21 heavy (non-hydrogen) atoms. The zero-order valence-electron chi connectivity index (χ0n) is 12.2. The van der Waals surface area contributed by atoms with Crippen molar-refractivity contribution in [2.75, 3.05) is 6.61 Å². The fourth-order valence-corrected chi connectivity index (χ4v) is 2.94. The van der Waals surface area contributed by atoms with Crippen LogP contribution in [0.15, 0.2) is 12.3 Å². The molecule has 2 aromatic heterocycles. The number of rotatable bonds is 6. The topological polar surface area (TPSA) is 88.1 Å². The van der Waals surface area contributed by atoms with Crippen LogP contribution < -0.4 is 0 Å². The van der Waals surface area contributed by atoms with Gasteiger partial charge in [-0.15, -0.1) is 0 Å². The van der Waals surface area contributed by atoms with E-state index in [-0.39, 0.29) is 10.7 Å². The van der Waals surface area contributed by atoms with Crippen molar-refractivity contribution in [2.24, 2.45) is 0 Å². The van der Waals surface area contributed by atoms with E-state index in [1.165, 1.54) is 0 Å². The fraction of sp³-hybridized carbons (Fsp3) is 0.462. The van der Waals surface area contributed by atoms with Gasteiger partial charge in [0.25, 0.3) is 0 Å². The minimum atomic E-state index is -1.14. The minimum absolute atomic E-state index is 0.0427. The van der Waals surface area contributed by atoms with Crippen molar-refractivity contribution < 1.29 is 14.6 Å². The highest BCUT2D eigenvalue weighted by Crippen LogP contribution is 2.27. The number of nitrogens with one attached hydrogen (secondary N) is 1. The van der Waals surface area contributed by atoms with Crippen LogP contribution in [0.4, 0.5) is 0 Å². The molecule has 0 aliphatic heterocycles. The predicted molar refractivity (Wildman–Crippen MR) is 86.6 cm³/mol. The number of H-pyrrole nitrogens is 1. The van der Waals surface area contributed by atoms with Gasteiger partial charge in [-0.05, 0) is 12.1 Å². The van der Waals surface area contributed by atoms with Gasteiger partial charge in [0.15, 0.2) is 11.3 Å². The highest BCUT2D eigenvalue weighted by Gasteiger charge is 2.18. The molecule has 0 saturated heterocycles. The summed E-state index contributed by atoms with van der Waals surface area (Å²) >= 11 is 3.46. The van der Waals surface area contributed by atoms with E-state index >= 15 is 0 Å². The number of hydrogen-bond acceptors (Lipinski definition) is 4. The van der Waals surface area contributed by atoms with Gasteiger partial charge in [-0.25, -0.2) is 9.78 Å². The van der Waals surface area contributed by atoms with Crippen molar-refractivity contribution in [3.63, 3.8) is 0 Å². The average molecular weight is 372 g/mol. The SMILES string of the molecule is C[Si](C)(C)CCOC(Br)c1cnc2n[nH]c(C(=O)O)c2c1. The maximum atomic E-state index is 11.1. The zero-order chi connectivity index (χ0) is 15.6. The molecule has 2 rings (SSSR count). The number of aromatic carboxylic acids is 1. The standard InChI is InChI=1S/C13H18BrN3O3Si/c1-21(2,3)5-4-20-11(14)8-6-9-10(13(18)19)16-17-12(9)15-7-8/h6-7,11H,4-5H2,1-3H3,(H,18,19)(H,15,16,17). The number of halogens is 1. The van der Waals surface area contributed by atoms with Crippen LogP contribution in [-0.2, 0) is 4.74 Å². The van der Waals surface area contributed by atoms with Crippen LogP contribution in [0.1, 0.15) is 21.1 Å². The molecule has 0 aromatic carbocycles. The summed E-state index contributed by atoms with van der Waals surface area (Å²) in [6, 6.07) is 2.81. The number of ether oxygens (including phenoxy) is 1. The molecule has 0 saturated carbocycles. The first kappa shape index (κ1) is 16.1. The Bertz CT molecular complexity index is 654. The summed E-state index contributed by atoms with van der Waals surface area (Å²) < 4.78 is 5.76. The first-order valence-corrected chi connectivity index (χ1v) is 11.2. The summed E-state index contributed by atoms with van der Waals surface area (Å²) in [7, 11) is -1.14. The van der Waals surface area contributed by atoms with E-state index in [0.717, 1.165) is 11.6 Å². The van der Waals surface area contributed by atoms with Crippen LogP contribution in [0.25, 0.3) is 11.0 Å². The second-order valence-corrected chi connectivity index (χ2v) is 12.5. The Balaban J connectivity index is 2.14. The van der Waals surface area contributed by atoms with Gasteiger partial charge in [0.05, 0.1) is 5.39 Å². The number of carbonyl (C=O) groups is 1. The maximum absolute atomic E-state index is 11.1. The third kappa shape index (κ3) is 4.11. The van der Waals surface area contributed by atoms with Gasteiger partial charge in [-0.1, -0.05) is 35.6 Å². The fourth-order valence-electron chi connectivity index (χ4n) is 1.77. The Morgan fingerprint density at radius 2 is 2.24 bits per heavy atom. The number of alkyl halides is 1. The minimum Gasteiger partial charge on any atom is -0.477 e. The molecule has 8 heteroatoms. The summed E-state index contributed by atoms with van der Waals surface area (Å²) in [6.07, 6.45) is 1.64. The van der Waals surface area contributed by atoms with Gasteiger partial charge in [0.1, 0.15) is 5.01 Å². The van der Waals surface area contributed by atoms with Crippen molar-refractivity contribution in [1.82, 2.24) is 15.2 Å². The molecular weight excluding hydrogens is 354 g/mol. The molecule has 6 nitrogen and oxygen atoms in total. The molecule has 0 radical (unpaired) electrons. The summed E-state index contributed by atoms with van der Waals surface area (Å²) in [6.45, 7) is 7.54. The number of aromatic amines is 1. The monoisotopic (exact) mass is 371 g/mol. The van der Waals surface area contributed by atoms with E-state index in [1.807, 2.05) is 0 Å². The van der Waals surface area contributed by atoms with Crippen molar-refractivity contribution in [2.45, 2.75) is 30.7 Å². The summed E-state index contributed by atoms with van der Waals surface area (Å²) in [5.41, 5.74) is 1.21. The maximum Gasteiger partial charge on any atom is 0.354 e. The van der Waals surface area contributed by atoms with Crippen LogP contribution >= 0.6 is 15.9 Å². The Kier molecular flexibility index (Phi) is 4.80. The molecule has 0 aliphatic rings. The first-order chi connectivity index (χ1) is 9.78. The normalized spacial score (nSPS) is 13.5. The van der Waals surface area contributed by atoms with Crippen LogP contribution in [0.2, 0.25) is 25.7 Å². The molecular formula is C13H18BrN3O3Si. The van der Waals surface area contributed by atoms with E-state index < -0.39 is 14.0 Å². The van der Waals surface area contributed by atoms with Crippen LogP contribution in [-0.4, -0.2) is 40.9 Å². The second-order valence-electron chi connectivity index (χ2n) is 6.04. The van der Waals surface area contributed by atoms with Crippen LogP contribution in [0.3, 0.4) is 0 Å². The molecule has 2 aromatic rings. The van der Waals surface area contributed by atoms with Crippen LogP contribution in [0.5, 0.6) is 0 Å². The highest BCUT2D eigenvalue weighted by atomic mass is 79.9. The van der Waals surface area contributed by atoms with Gasteiger partial charge < -0.3 is 9.84 Å². The largest absolute Gasteiger partial charge is 0.477 e. The molecule has 1 atom stereocenters. The molecule has 2 N–H and O–H groups in total. The highest BCUT2D eigenvalue weighted by molar-refractivity contribution is 9.09. The lowest BCUT2D eigenvalue weighted by atomic mass is 10.2. The Hall–Kier alpha value is -1.25. The van der Waals surface area contributed by atoms with Gasteiger partial charge in [-0.2, -0.15) is 5.10 Å². The number of pyridine rings is 1. The lowest BCUT2D eigenvalue weighted by Crippen LogP contribution is -2.21. The van der Waals surface area contributed by atoms with Crippen molar-refractivity contribution in [3.8, 4) is 0 Å². The molecule has 1 unspecified atom stereocenters. The Labute approximate surface area is 132 Å². The number of carboxylic acids is 1. The predicted octanol–water partition coefficient (Wildman–Crippen LogP) is 3.40. The van der Waals surface area contributed by atoms with E-state index in [1.54, 1.807) is 12.3 Å². The van der Waals surface area contributed by atoms with Crippen molar-refractivity contribution in [1.29, 1.82) is 0 Å². The lowest BCUT2D eigenvalue weighted by molar-refractivity contribution is 0.0692. The van der Waals surface area contributed by atoms with Gasteiger partial charge in [0.2, 0.25) is 0 Å². The summed E-state index contributed by atoms with van der Waals surface area (Å²) in [5, 5.41) is 15.6. The molecule has 0 amide bonds. The second kappa shape index (κ2) is 6.25. The van der Waals surface area contributed by atoms with Gasteiger partial charge in [-0.3, -0.25) is 5.10 Å². The smallest absolute Gasteiger partial charge is 0.354 e. The molecule has 0 bridgehead atoms. The molecule has 0 aliphatic carbocycles. The van der Waals surface area contributed by atoms with Crippen molar-refractivity contribution >= 4 is 41.0 Å². The van der Waals surface area contributed by atoms with E-state index in [9.17, 15) is 4.79 Å². The van der Waals surface area contributed by atoms with E-state index in [2.05, 4.69) is 50.8 Å². The molecule has 114 valence electrons. The third-order valence-corrected chi connectivity index (χ3v) is 5.52. The molecule has 0 spiro atoms.